The molecule has 2 heterocycles. The van der Waals surface area contributed by atoms with Crippen LogP contribution in [0.15, 0.2) is 28.8 Å². The van der Waals surface area contributed by atoms with Crippen molar-refractivity contribution in [2.24, 2.45) is 11.3 Å². The van der Waals surface area contributed by atoms with Gasteiger partial charge in [0.05, 0.1) is 12.2 Å². The molecule has 0 atom stereocenters. The summed E-state index contributed by atoms with van der Waals surface area (Å²) in [4.78, 5) is 43.4. The second-order valence-corrected chi connectivity index (χ2v) is 10.1. The first-order valence-electron chi connectivity index (χ1n) is 12.5. The number of nitrogens with zero attached hydrogens (tertiary/aromatic N) is 3. The van der Waals surface area contributed by atoms with Gasteiger partial charge in [0.1, 0.15) is 17.8 Å². The first kappa shape index (κ1) is 25.7. The zero-order valence-corrected chi connectivity index (χ0v) is 21.3. The van der Waals surface area contributed by atoms with Crippen molar-refractivity contribution in [1.82, 2.24) is 20.4 Å². The van der Waals surface area contributed by atoms with E-state index in [9.17, 15) is 14.4 Å². The highest BCUT2D eigenvalue weighted by molar-refractivity contribution is 6.08. The molecule has 1 aliphatic heterocycles. The van der Waals surface area contributed by atoms with E-state index in [1.54, 1.807) is 12.1 Å². The van der Waals surface area contributed by atoms with Crippen LogP contribution in [0.5, 0.6) is 5.75 Å². The van der Waals surface area contributed by atoms with Crippen LogP contribution in [0.25, 0.3) is 11.4 Å². The number of hydrogen-bond acceptors (Lipinski definition) is 8. The van der Waals surface area contributed by atoms with E-state index in [-0.39, 0.29) is 23.8 Å². The van der Waals surface area contributed by atoms with Gasteiger partial charge in [0.25, 0.3) is 11.8 Å². The maximum atomic E-state index is 13.2. The van der Waals surface area contributed by atoms with Crippen LogP contribution in [0, 0.1) is 11.3 Å². The minimum absolute atomic E-state index is 0.0928. The molecule has 2 aliphatic rings. The molecule has 10 heteroatoms. The summed E-state index contributed by atoms with van der Waals surface area (Å²) in [5.74, 6) is 0.426. The quantitative estimate of drug-likeness (QED) is 0.405. The fourth-order valence-electron chi connectivity index (χ4n) is 5.01. The monoisotopic (exact) mass is 498 g/mol. The minimum Gasteiger partial charge on any atom is -0.493 e. The van der Waals surface area contributed by atoms with E-state index in [0.29, 0.717) is 42.5 Å². The second-order valence-electron chi connectivity index (χ2n) is 10.1. The molecule has 0 unspecified atom stereocenters. The zero-order chi connectivity index (χ0) is 25.9. The third-order valence-electron chi connectivity index (χ3n) is 7.64. The number of imide groups is 1. The Morgan fingerprint density at radius 3 is 2.64 bits per heavy atom. The van der Waals surface area contributed by atoms with Gasteiger partial charge in [0, 0.05) is 0 Å². The number of esters is 1. The Balaban J connectivity index is 1.32. The van der Waals surface area contributed by atoms with Gasteiger partial charge in [0.2, 0.25) is 5.82 Å². The number of urea groups is 1. The van der Waals surface area contributed by atoms with Crippen molar-refractivity contribution in [2.75, 3.05) is 13.2 Å². The lowest BCUT2D eigenvalue weighted by Crippen LogP contribution is -2.51. The summed E-state index contributed by atoms with van der Waals surface area (Å²) in [5.41, 5.74) is -0.0777. The van der Waals surface area contributed by atoms with Gasteiger partial charge in [-0.2, -0.15) is 4.98 Å². The maximum Gasteiger partial charge on any atom is 0.326 e. The number of aromatic nitrogens is 2. The molecule has 1 aromatic heterocycles. The minimum atomic E-state index is -0.924. The molecule has 1 saturated carbocycles. The number of rotatable bonds is 9. The summed E-state index contributed by atoms with van der Waals surface area (Å²) in [5, 5.41) is 6.79. The van der Waals surface area contributed by atoms with Gasteiger partial charge < -0.3 is 19.3 Å². The highest BCUT2D eigenvalue weighted by atomic mass is 16.6. The molecule has 1 aromatic carbocycles. The van der Waals surface area contributed by atoms with Crippen molar-refractivity contribution in [2.45, 2.75) is 71.9 Å². The lowest BCUT2D eigenvalue weighted by atomic mass is 9.65. The van der Waals surface area contributed by atoms with Gasteiger partial charge in [-0.1, -0.05) is 44.5 Å². The summed E-state index contributed by atoms with van der Waals surface area (Å²) in [7, 11) is 0. The van der Waals surface area contributed by atoms with Crippen LogP contribution < -0.4 is 10.1 Å². The van der Waals surface area contributed by atoms with Gasteiger partial charge >= 0.3 is 12.0 Å². The third-order valence-corrected chi connectivity index (χ3v) is 7.64. The predicted octanol–water partition coefficient (Wildman–Crippen LogP) is 4.10. The molecule has 1 aliphatic carbocycles. The largest absolute Gasteiger partial charge is 0.493 e. The molecule has 3 amide bonds. The average Bonchev–Trinajstić information content (AvgIpc) is 3.43. The van der Waals surface area contributed by atoms with E-state index >= 15 is 0 Å². The molecule has 36 heavy (non-hydrogen) atoms. The topological polar surface area (TPSA) is 124 Å². The van der Waals surface area contributed by atoms with Gasteiger partial charge in [-0.3, -0.25) is 14.5 Å². The number of carbonyl (C=O) groups is 3. The number of nitrogens with one attached hydrogen (secondary N) is 1. The Morgan fingerprint density at radius 1 is 1.22 bits per heavy atom. The normalized spacial score (nSPS) is 22.1. The van der Waals surface area contributed by atoms with E-state index in [2.05, 4.69) is 36.2 Å². The van der Waals surface area contributed by atoms with Gasteiger partial charge in [0.15, 0.2) is 6.61 Å². The molecule has 1 N–H and O–H groups in total. The number of para-hydroxylation sites is 1. The molecule has 1 spiro atoms. The maximum absolute atomic E-state index is 13.2. The summed E-state index contributed by atoms with van der Waals surface area (Å²) >= 11 is 0. The Bertz CT molecular complexity index is 1120. The smallest absolute Gasteiger partial charge is 0.326 e. The van der Waals surface area contributed by atoms with E-state index in [1.165, 1.54) is 0 Å². The van der Waals surface area contributed by atoms with Crippen LogP contribution in [0.1, 0.15) is 65.7 Å². The fraction of sp³-hybridized carbons (Fsp3) is 0.577. The predicted molar refractivity (Wildman–Crippen MR) is 130 cm³/mol. The number of ether oxygens (including phenoxy) is 2. The third kappa shape index (κ3) is 5.08. The van der Waals surface area contributed by atoms with Crippen molar-refractivity contribution in [3.63, 3.8) is 0 Å². The van der Waals surface area contributed by atoms with Gasteiger partial charge in [-0.15, -0.1) is 0 Å². The summed E-state index contributed by atoms with van der Waals surface area (Å²) in [6.45, 7) is 8.29. The van der Waals surface area contributed by atoms with E-state index in [4.69, 9.17) is 14.0 Å². The van der Waals surface area contributed by atoms with Crippen LogP contribution in [-0.2, 0) is 20.9 Å². The van der Waals surface area contributed by atoms with Crippen molar-refractivity contribution >= 4 is 17.9 Å². The van der Waals surface area contributed by atoms with Gasteiger partial charge in [-0.05, 0) is 56.1 Å². The average molecular weight is 499 g/mol. The molecular formula is C26H34N4O6. The molecule has 194 valence electrons. The van der Waals surface area contributed by atoms with Crippen LogP contribution >= 0.6 is 0 Å². The summed E-state index contributed by atoms with van der Waals surface area (Å²) in [6, 6.07) is 6.72. The van der Waals surface area contributed by atoms with E-state index in [1.807, 2.05) is 19.1 Å². The fourth-order valence-corrected chi connectivity index (χ4v) is 5.01. The number of hydrogen-bond donors (Lipinski definition) is 1. The SMILES string of the molecule is CCOc1ccccc1-c1noc(COC(=O)CN2C(=O)NC3(CCC(C(C)(C)CC)CC3)C2=O)n1. The molecule has 4 rings (SSSR count). The highest BCUT2D eigenvalue weighted by Crippen LogP contribution is 2.45. The molecule has 1 saturated heterocycles. The Morgan fingerprint density at radius 2 is 1.94 bits per heavy atom. The van der Waals surface area contributed by atoms with E-state index in [0.717, 1.165) is 24.2 Å². The standard InChI is InChI=1S/C26H34N4O6/c1-5-25(3,4)17-11-13-26(14-12-17)23(32)30(24(33)28-26)15-21(31)35-16-20-27-22(29-36-20)18-9-7-8-10-19(18)34-6-2/h7-10,17H,5-6,11-16H2,1-4H3,(H,28,33). The van der Waals surface area contributed by atoms with Gasteiger partial charge in [-0.25, -0.2) is 4.79 Å². The molecule has 2 fully saturated rings. The Labute approximate surface area is 210 Å². The Hall–Kier alpha value is -3.43. The van der Waals surface area contributed by atoms with E-state index < -0.39 is 24.1 Å². The number of carbonyl (C=O) groups excluding carboxylic acids is 3. The summed E-state index contributed by atoms with van der Waals surface area (Å²) < 4.78 is 16.0. The summed E-state index contributed by atoms with van der Waals surface area (Å²) in [6.07, 6.45) is 3.92. The second kappa shape index (κ2) is 10.3. The highest BCUT2D eigenvalue weighted by Gasteiger charge is 2.53. The van der Waals surface area contributed by atoms with Crippen LogP contribution in [0.4, 0.5) is 4.79 Å². The lowest BCUT2D eigenvalue weighted by Gasteiger charge is -2.42. The Kier molecular flexibility index (Phi) is 7.33. The molecule has 0 bridgehead atoms. The van der Waals surface area contributed by atoms with Crippen molar-refractivity contribution in [3.05, 3.63) is 30.2 Å². The number of benzene rings is 1. The van der Waals surface area contributed by atoms with Crippen LogP contribution in [0.3, 0.4) is 0 Å². The zero-order valence-electron chi connectivity index (χ0n) is 21.3. The number of amides is 3. The van der Waals surface area contributed by atoms with Crippen molar-refractivity contribution in [1.29, 1.82) is 0 Å². The van der Waals surface area contributed by atoms with Crippen molar-refractivity contribution in [3.8, 4) is 17.1 Å². The first-order chi connectivity index (χ1) is 17.2. The molecule has 10 nitrogen and oxygen atoms in total. The lowest BCUT2D eigenvalue weighted by molar-refractivity contribution is -0.149. The first-order valence-corrected chi connectivity index (χ1v) is 12.5. The van der Waals surface area contributed by atoms with Crippen molar-refractivity contribution < 1.29 is 28.4 Å². The molecule has 0 radical (unpaired) electrons. The van der Waals surface area contributed by atoms with Crippen LogP contribution in [0.2, 0.25) is 0 Å². The molecule has 2 aromatic rings. The van der Waals surface area contributed by atoms with Crippen LogP contribution in [-0.4, -0.2) is 51.6 Å². The molecular weight excluding hydrogens is 464 g/mol.